The third kappa shape index (κ3) is 6.20. The molecule has 1 rings (SSSR count). The quantitative estimate of drug-likeness (QED) is 0.791. The summed E-state index contributed by atoms with van der Waals surface area (Å²) in [7, 11) is 0. The summed E-state index contributed by atoms with van der Waals surface area (Å²) in [6.07, 6.45) is 0.105. The molecule has 0 aliphatic carbocycles. The molecule has 1 N–H and O–H groups in total. The highest BCUT2D eigenvalue weighted by Gasteiger charge is 2.13. The molecule has 1 aromatic rings. The largest absolute Gasteiger partial charge is 0.481 e. The minimum atomic E-state index is -0.767. The first kappa shape index (κ1) is 16.7. The van der Waals surface area contributed by atoms with E-state index in [1.807, 2.05) is 24.3 Å². The van der Waals surface area contributed by atoms with Crippen LogP contribution in [0.1, 0.15) is 38.8 Å². The van der Waals surface area contributed by atoms with Gasteiger partial charge in [0.2, 0.25) is 0 Å². The van der Waals surface area contributed by atoms with Crippen molar-refractivity contribution in [1.82, 2.24) is 4.90 Å². The van der Waals surface area contributed by atoms with Gasteiger partial charge in [-0.15, -0.1) is 0 Å². The van der Waals surface area contributed by atoms with Gasteiger partial charge in [0.1, 0.15) is 0 Å². The average Bonchev–Trinajstić information content (AvgIpc) is 2.29. The summed E-state index contributed by atoms with van der Waals surface area (Å²) in [5, 5.41) is 9.00. The fourth-order valence-electron chi connectivity index (χ4n) is 2.52. The van der Waals surface area contributed by atoms with Gasteiger partial charge in [-0.2, -0.15) is 0 Å². The van der Waals surface area contributed by atoms with E-state index in [-0.39, 0.29) is 6.42 Å². The molecule has 0 atom stereocenters. The Morgan fingerprint density at radius 1 is 1.05 bits per heavy atom. The zero-order chi connectivity index (χ0) is 15.1. The zero-order valence-corrected chi connectivity index (χ0v) is 13.1. The minimum Gasteiger partial charge on any atom is -0.481 e. The van der Waals surface area contributed by atoms with Crippen molar-refractivity contribution in [2.24, 2.45) is 11.8 Å². The molecule has 0 saturated carbocycles. The Morgan fingerprint density at radius 2 is 1.55 bits per heavy atom. The number of rotatable bonds is 8. The Kier molecular flexibility index (Phi) is 6.73. The van der Waals surface area contributed by atoms with Crippen molar-refractivity contribution in [2.75, 3.05) is 13.1 Å². The van der Waals surface area contributed by atoms with Gasteiger partial charge in [-0.25, -0.2) is 0 Å². The van der Waals surface area contributed by atoms with Crippen molar-refractivity contribution in [3.05, 3.63) is 35.4 Å². The van der Waals surface area contributed by atoms with Crippen LogP contribution in [0.25, 0.3) is 0 Å². The maximum Gasteiger partial charge on any atom is 0.307 e. The molecule has 112 valence electrons. The third-order valence-electron chi connectivity index (χ3n) is 3.10. The Bertz CT molecular complexity index is 417. The predicted octanol–water partition coefficient (Wildman–Crippen LogP) is 3.43. The Morgan fingerprint density at radius 3 is 2.00 bits per heavy atom. The van der Waals surface area contributed by atoms with Crippen LogP contribution in [-0.4, -0.2) is 29.1 Å². The van der Waals surface area contributed by atoms with Gasteiger partial charge in [0.15, 0.2) is 0 Å². The van der Waals surface area contributed by atoms with E-state index in [0.29, 0.717) is 11.8 Å². The van der Waals surface area contributed by atoms with Gasteiger partial charge in [-0.05, 0) is 23.0 Å². The van der Waals surface area contributed by atoms with Crippen molar-refractivity contribution in [2.45, 2.75) is 40.7 Å². The molecule has 0 spiro atoms. The molecule has 0 bridgehead atoms. The lowest BCUT2D eigenvalue weighted by Crippen LogP contribution is -2.31. The van der Waals surface area contributed by atoms with Gasteiger partial charge in [0, 0.05) is 19.6 Å². The molecule has 1 aromatic carbocycles. The number of carbonyl (C=O) groups is 1. The van der Waals surface area contributed by atoms with Crippen molar-refractivity contribution >= 4 is 5.97 Å². The highest BCUT2D eigenvalue weighted by molar-refractivity contribution is 5.70. The number of aliphatic carboxylic acids is 1. The van der Waals surface area contributed by atoms with Gasteiger partial charge < -0.3 is 5.11 Å². The van der Waals surface area contributed by atoms with Crippen molar-refractivity contribution in [3.63, 3.8) is 0 Å². The summed E-state index contributed by atoms with van der Waals surface area (Å²) >= 11 is 0. The first-order valence-electron chi connectivity index (χ1n) is 7.39. The standard InChI is InChI=1S/C17H27NO2/c1-13(2)10-18(11-14(3)4)12-16-8-6-5-7-15(16)9-17(19)20/h5-8,13-14H,9-12H2,1-4H3,(H,19,20). The summed E-state index contributed by atoms with van der Waals surface area (Å²) in [5.41, 5.74) is 2.06. The van der Waals surface area contributed by atoms with E-state index in [2.05, 4.69) is 32.6 Å². The van der Waals surface area contributed by atoms with Crippen LogP contribution in [0.15, 0.2) is 24.3 Å². The van der Waals surface area contributed by atoms with Crippen LogP contribution in [0, 0.1) is 11.8 Å². The molecule has 0 unspecified atom stereocenters. The first-order valence-corrected chi connectivity index (χ1v) is 7.39. The smallest absolute Gasteiger partial charge is 0.307 e. The maximum absolute atomic E-state index is 10.9. The lowest BCUT2D eigenvalue weighted by molar-refractivity contribution is -0.136. The maximum atomic E-state index is 10.9. The monoisotopic (exact) mass is 277 g/mol. The topological polar surface area (TPSA) is 40.5 Å². The molecule has 0 saturated heterocycles. The number of benzene rings is 1. The van der Waals surface area contributed by atoms with Gasteiger partial charge >= 0.3 is 5.97 Å². The van der Waals surface area contributed by atoms with Crippen molar-refractivity contribution < 1.29 is 9.90 Å². The average molecular weight is 277 g/mol. The Labute approximate surface area is 122 Å². The Balaban J connectivity index is 2.83. The molecule has 0 radical (unpaired) electrons. The van der Waals surface area contributed by atoms with E-state index in [9.17, 15) is 4.79 Å². The van der Waals surface area contributed by atoms with Crippen LogP contribution in [-0.2, 0) is 17.8 Å². The summed E-state index contributed by atoms with van der Waals surface area (Å²) in [6, 6.07) is 7.87. The number of carboxylic acid groups (broad SMARTS) is 1. The molecule has 0 heterocycles. The van der Waals surface area contributed by atoms with Crippen LogP contribution in [0.2, 0.25) is 0 Å². The molecule has 0 fully saturated rings. The second kappa shape index (κ2) is 8.05. The molecule has 0 aromatic heterocycles. The van der Waals surface area contributed by atoms with E-state index in [1.54, 1.807) is 0 Å². The highest BCUT2D eigenvalue weighted by Crippen LogP contribution is 2.15. The number of nitrogens with zero attached hydrogens (tertiary/aromatic N) is 1. The molecule has 3 nitrogen and oxygen atoms in total. The fraction of sp³-hybridized carbons (Fsp3) is 0.588. The van der Waals surface area contributed by atoms with Crippen molar-refractivity contribution in [3.8, 4) is 0 Å². The van der Waals surface area contributed by atoms with Gasteiger partial charge in [-0.1, -0.05) is 52.0 Å². The zero-order valence-electron chi connectivity index (χ0n) is 13.1. The van der Waals surface area contributed by atoms with E-state index >= 15 is 0 Å². The van der Waals surface area contributed by atoms with Crippen molar-refractivity contribution in [1.29, 1.82) is 0 Å². The fourth-order valence-corrected chi connectivity index (χ4v) is 2.52. The minimum absolute atomic E-state index is 0.105. The third-order valence-corrected chi connectivity index (χ3v) is 3.10. The summed E-state index contributed by atoms with van der Waals surface area (Å²) in [6.45, 7) is 11.8. The van der Waals surface area contributed by atoms with Gasteiger partial charge in [0.25, 0.3) is 0 Å². The van der Waals surface area contributed by atoms with E-state index in [1.165, 1.54) is 0 Å². The van der Waals surface area contributed by atoms with Gasteiger partial charge in [0.05, 0.1) is 6.42 Å². The molecule has 0 aliphatic rings. The van der Waals surface area contributed by atoms with E-state index in [0.717, 1.165) is 30.8 Å². The molecule has 3 heteroatoms. The van der Waals surface area contributed by atoms with Crippen LogP contribution >= 0.6 is 0 Å². The SMILES string of the molecule is CC(C)CN(Cc1ccccc1CC(=O)O)CC(C)C. The lowest BCUT2D eigenvalue weighted by Gasteiger charge is -2.27. The lowest BCUT2D eigenvalue weighted by atomic mass is 10.0. The highest BCUT2D eigenvalue weighted by atomic mass is 16.4. The van der Waals surface area contributed by atoms with Gasteiger partial charge in [-0.3, -0.25) is 9.69 Å². The summed E-state index contributed by atoms with van der Waals surface area (Å²) in [5.74, 6) is 0.456. The van der Waals surface area contributed by atoms with E-state index in [4.69, 9.17) is 5.11 Å². The summed E-state index contributed by atoms with van der Waals surface area (Å²) < 4.78 is 0. The Hall–Kier alpha value is -1.35. The van der Waals surface area contributed by atoms with E-state index < -0.39 is 5.97 Å². The first-order chi connectivity index (χ1) is 9.38. The van der Waals surface area contributed by atoms with Crippen LogP contribution < -0.4 is 0 Å². The molecular weight excluding hydrogens is 250 g/mol. The molecule has 0 amide bonds. The normalized spacial score (nSPS) is 11.6. The van der Waals surface area contributed by atoms with Crippen LogP contribution in [0.3, 0.4) is 0 Å². The molecular formula is C17H27NO2. The molecule has 0 aliphatic heterocycles. The predicted molar refractivity (Wildman–Crippen MR) is 82.7 cm³/mol. The summed E-state index contributed by atoms with van der Waals surface area (Å²) in [4.78, 5) is 13.4. The second-order valence-corrected chi connectivity index (χ2v) is 6.32. The number of carboxylic acids is 1. The molecule has 20 heavy (non-hydrogen) atoms. The van der Waals surface area contributed by atoms with Crippen LogP contribution in [0.5, 0.6) is 0 Å². The van der Waals surface area contributed by atoms with Crippen LogP contribution in [0.4, 0.5) is 0 Å². The number of hydrogen-bond donors (Lipinski definition) is 1. The number of hydrogen-bond acceptors (Lipinski definition) is 2. The second-order valence-electron chi connectivity index (χ2n) is 6.32.